The van der Waals surface area contributed by atoms with Crippen LogP contribution in [-0.4, -0.2) is 45.4 Å². The maximum Gasteiger partial charge on any atom is 0.306 e. The molecule has 0 aromatic carbocycles. The van der Waals surface area contributed by atoms with Gasteiger partial charge in [0.25, 0.3) is 0 Å². The van der Waals surface area contributed by atoms with Gasteiger partial charge in [-0.2, -0.15) is 0 Å². The number of Topliss-reactive ketones (excluding diaryl/α,β-unsaturated/α-hetero) is 4. The number of carbonyl (C=O) groups is 5. The first-order chi connectivity index (χ1) is 16.9. The number of carboxylic acids is 1. The molecule has 0 aliphatic heterocycles. The second-order valence-electron chi connectivity index (χ2n) is 13.8. The number of hydrogen-bond donors (Lipinski definition) is 2. The molecule has 8 atom stereocenters. The fourth-order valence-electron chi connectivity index (χ4n) is 8.84. The van der Waals surface area contributed by atoms with E-state index in [0.717, 1.165) is 0 Å². The van der Waals surface area contributed by atoms with Crippen LogP contribution in [-0.2, 0) is 24.0 Å². The third-order valence-electron chi connectivity index (χ3n) is 11.4. The van der Waals surface area contributed by atoms with Crippen LogP contribution < -0.4 is 0 Å². The zero-order valence-corrected chi connectivity index (χ0v) is 23.3. The number of rotatable bonds is 6. The van der Waals surface area contributed by atoms with E-state index in [9.17, 15) is 29.1 Å². The Labute approximate surface area is 219 Å². The van der Waals surface area contributed by atoms with Gasteiger partial charge in [0.15, 0.2) is 11.6 Å². The van der Waals surface area contributed by atoms with Gasteiger partial charge in [0, 0.05) is 48.7 Å². The van der Waals surface area contributed by atoms with Crippen molar-refractivity contribution in [3.63, 3.8) is 0 Å². The topological polar surface area (TPSA) is 126 Å². The average Bonchev–Trinajstić information content (AvgIpc) is 2.99. The number of ketones is 4. The maximum absolute atomic E-state index is 14.0. The van der Waals surface area contributed by atoms with Crippen LogP contribution in [0.2, 0.25) is 0 Å². The standard InChI is InChI=1S/C30H42O7/c1-15(10-17(31)11-16(2)26(36)37)18-12-23(35)30(7)25-19(32)13-21-27(3,4)22(34)8-9-28(21,5)24(25)20(33)14-29(18,30)6/h15-16,18,21-22,34H,8-14H2,1-7H3,(H,36,37). The van der Waals surface area contributed by atoms with Gasteiger partial charge in [0.05, 0.1) is 17.4 Å². The third-order valence-corrected chi connectivity index (χ3v) is 11.4. The predicted molar refractivity (Wildman–Crippen MR) is 136 cm³/mol. The Morgan fingerprint density at radius 3 is 2.16 bits per heavy atom. The number of aliphatic carboxylic acids is 1. The molecule has 0 saturated heterocycles. The molecule has 2 fully saturated rings. The lowest BCUT2D eigenvalue weighted by Gasteiger charge is -2.60. The highest BCUT2D eigenvalue weighted by atomic mass is 16.4. The zero-order chi connectivity index (χ0) is 27.9. The van der Waals surface area contributed by atoms with Gasteiger partial charge in [-0.05, 0) is 48.3 Å². The predicted octanol–water partition coefficient (Wildman–Crippen LogP) is 4.34. The number of fused-ring (bicyclic) bond motifs is 4. The number of carboxylic acid groups (broad SMARTS) is 1. The zero-order valence-electron chi connectivity index (χ0n) is 23.3. The molecule has 7 nitrogen and oxygen atoms in total. The smallest absolute Gasteiger partial charge is 0.306 e. The van der Waals surface area contributed by atoms with E-state index in [1.54, 1.807) is 0 Å². The van der Waals surface area contributed by atoms with E-state index in [-0.39, 0.29) is 73.0 Å². The van der Waals surface area contributed by atoms with Gasteiger partial charge < -0.3 is 10.2 Å². The molecule has 0 aromatic heterocycles. The maximum atomic E-state index is 14.0. The molecule has 0 spiro atoms. The summed E-state index contributed by atoms with van der Waals surface area (Å²) in [4.78, 5) is 65.6. The molecule has 8 unspecified atom stereocenters. The Hall–Kier alpha value is -2.15. The minimum Gasteiger partial charge on any atom is -0.481 e. The van der Waals surface area contributed by atoms with Crippen molar-refractivity contribution in [2.24, 2.45) is 45.3 Å². The summed E-state index contributed by atoms with van der Waals surface area (Å²) < 4.78 is 0. The first kappa shape index (κ1) is 27.9. The van der Waals surface area contributed by atoms with E-state index < -0.39 is 39.7 Å². The highest BCUT2D eigenvalue weighted by Crippen LogP contribution is 2.70. The van der Waals surface area contributed by atoms with Crippen molar-refractivity contribution in [1.29, 1.82) is 0 Å². The van der Waals surface area contributed by atoms with Crippen LogP contribution in [0.25, 0.3) is 0 Å². The van der Waals surface area contributed by atoms with Crippen molar-refractivity contribution in [3.8, 4) is 0 Å². The number of hydrogen-bond acceptors (Lipinski definition) is 6. The number of carbonyl (C=O) groups excluding carboxylic acids is 4. The fraction of sp³-hybridized carbons (Fsp3) is 0.767. The summed E-state index contributed by atoms with van der Waals surface area (Å²) in [6, 6.07) is 0. The third kappa shape index (κ3) is 3.74. The molecule has 0 heterocycles. The molecule has 4 rings (SSSR count). The van der Waals surface area contributed by atoms with Crippen LogP contribution in [0.15, 0.2) is 11.1 Å². The van der Waals surface area contributed by atoms with Gasteiger partial charge in [-0.25, -0.2) is 0 Å². The normalized spacial score (nSPS) is 40.5. The Morgan fingerprint density at radius 1 is 0.946 bits per heavy atom. The first-order valence-electron chi connectivity index (χ1n) is 13.7. The highest BCUT2D eigenvalue weighted by Gasteiger charge is 2.70. The lowest BCUT2D eigenvalue weighted by molar-refractivity contribution is -0.145. The van der Waals surface area contributed by atoms with Crippen molar-refractivity contribution < 1.29 is 34.2 Å². The summed E-state index contributed by atoms with van der Waals surface area (Å²) in [5.74, 6) is -2.94. The molecule has 0 aromatic rings. The molecule has 2 N–H and O–H groups in total. The van der Waals surface area contributed by atoms with E-state index in [0.29, 0.717) is 24.0 Å². The lowest BCUT2D eigenvalue weighted by atomic mass is 9.42. The van der Waals surface area contributed by atoms with Crippen molar-refractivity contribution in [3.05, 3.63) is 11.1 Å². The minimum absolute atomic E-state index is 0.0521. The van der Waals surface area contributed by atoms with Gasteiger partial charge in [-0.15, -0.1) is 0 Å². The molecule has 2 saturated carbocycles. The number of aliphatic hydroxyl groups is 1. The molecule has 0 bridgehead atoms. The molecule has 7 heteroatoms. The van der Waals surface area contributed by atoms with Crippen LogP contribution >= 0.6 is 0 Å². The molecule has 4 aliphatic carbocycles. The van der Waals surface area contributed by atoms with Crippen LogP contribution in [0, 0.1) is 45.3 Å². The van der Waals surface area contributed by atoms with E-state index in [1.807, 2.05) is 41.5 Å². The van der Waals surface area contributed by atoms with Gasteiger partial charge in [-0.1, -0.05) is 41.5 Å². The van der Waals surface area contributed by atoms with Gasteiger partial charge in [0.1, 0.15) is 11.6 Å². The summed E-state index contributed by atoms with van der Waals surface area (Å²) in [5, 5.41) is 19.9. The van der Waals surface area contributed by atoms with Gasteiger partial charge in [-0.3, -0.25) is 24.0 Å². The summed E-state index contributed by atoms with van der Waals surface area (Å²) in [6.07, 6.45) is 1.19. The van der Waals surface area contributed by atoms with E-state index in [4.69, 9.17) is 5.11 Å². The number of allylic oxidation sites excluding steroid dienone is 2. The molecular weight excluding hydrogens is 472 g/mol. The van der Waals surface area contributed by atoms with Crippen LogP contribution in [0.3, 0.4) is 0 Å². The summed E-state index contributed by atoms with van der Waals surface area (Å²) >= 11 is 0. The molecule has 0 amide bonds. The SMILES string of the molecule is CC(CC(=O)CC(C)C1CC(=O)C2(C)C3=C(C(=O)CC12C)C1(C)CCC(O)C(C)(C)C1CC3=O)C(=O)O. The second-order valence-corrected chi connectivity index (χ2v) is 13.8. The summed E-state index contributed by atoms with van der Waals surface area (Å²) in [7, 11) is 0. The Kier molecular flexibility index (Phi) is 6.54. The van der Waals surface area contributed by atoms with Gasteiger partial charge >= 0.3 is 5.97 Å². The molecule has 4 aliphatic rings. The van der Waals surface area contributed by atoms with E-state index >= 15 is 0 Å². The fourth-order valence-corrected chi connectivity index (χ4v) is 8.84. The monoisotopic (exact) mass is 514 g/mol. The summed E-state index contributed by atoms with van der Waals surface area (Å²) in [5.41, 5.74) is -2.13. The Morgan fingerprint density at radius 2 is 1.57 bits per heavy atom. The molecular formula is C30H42O7. The van der Waals surface area contributed by atoms with Crippen molar-refractivity contribution in [1.82, 2.24) is 0 Å². The lowest BCUT2D eigenvalue weighted by Crippen LogP contribution is -2.59. The summed E-state index contributed by atoms with van der Waals surface area (Å²) in [6.45, 7) is 13.2. The minimum atomic E-state index is -1.11. The van der Waals surface area contributed by atoms with Crippen LogP contribution in [0.1, 0.15) is 93.4 Å². The van der Waals surface area contributed by atoms with Gasteiger partial charge in [0.2, 0.25) is 0 Å². The Balaban J connectivity index is 1.75. The Bertz CT molecular complexity index is 1110. The van der Waals surface area contributed by atoms with Crippen LogP contribution in [0.5, 0.6) is 0 Å². The molecule has 37 heavy (non-hydrogen) atoms. The first-order valence-corrected chi connectivity index (χ1v) is 13.7. The van der Waals surface area contributed by atoms with Crippen molar-refractivity contribution in [2.45, 2.75) is 99.5 Å². The van der Waals surface area contributed by atoms with Crippen LogP contribution in [0.4, 0.5) is 0 Å². The van der Waals surface area contributed by atoms with Crippen molar-refractivity contribution in [2.75, 3.05) is 0 Å². The van der Waals surface area contributed by atoms with E-state index in [1.165, 1.54) is 6.92 Å². The second kappa shape index (κ2) is 8.69. The highest BCUT2D eigenvalue weighted by molar-refractivity contribution is 6.16. The number of aliphatic hydroxyl groups excluding tert-OH is 1. The van der Waals surface area contributed by atoms with Crippen molar-refractivity contribution >= 4 is 29.1 Å². The average molecular weight is 515 g/mol. The molecule has 0 radical (unpaired) electrons. The molecule has 204 valence electrons. The quantitative estimate of drug-likeness (QED) is 0.540. The largest absolute Gasteiger partial charge is 0.481 e. The van der Waals surface area contributed by atoms with E-state index in [2.05, 4.69) is 0 Å².